The van der Waals surface area contributed by atoms with Crippen molar-refractivity contribution < 1.29 is 0 Å². The molecule has 66 valence electrons. The van der Waals surface area contributed by atoms with Crippen molar-refractivity contribution in [1.82, 2.24) is 20.0 Å². The Morgan fingerprint density at radius 3 is 3.00 bits per heavy atom. The molecule has 2 heterocycles. The number of nitrogen functional groups attached to an aromatic ring is 1. The third-order valence-corrected chi connectivity index (χ3v) is 2.23. The third kappa shape index (κ3) is 0.965. The number of nitrogens with two attached hydrogens (primary N) is 1. The predicted octanol–water partition coefficient (Wildman–Crippen LogP) is 0.743. The number of anilines is 1. The SMILES string of the molecule is Nc1ccc2nnn(C3CC3)c2n1. The zero-order valence-corrected chi connectivity index (χ0v) is 7.01. The third-order valence-electron chi connectivity index (χ3n) is 2.23. The van der Waals surface area contributed by atoms with Crippen molar-refractivity contribution in [3.63, 3.8) is 0 Å². The van der Waals surface area contributed by atoms with Crippen molar-refractivity contribution in [3.05, 3.63) is 12.1 Å². The maximum Gasteiger partial charge on any atom is 0.180 e. The molecule has 5 heteroatoms. The molecule has 1 aliphatic rings. The molecular formula is C8H9N5. The van der Waals surface area contributed by atoms with Gasteiger partial charge in [-0.15, -0.1) is 5.10 Å². The Kier molecular flexibility index (Phi) is 1.15. The van der Waals surface area contributed by atoms with Crippen LogP contribution in [-0.2, 0) is 0 Å². The van der Waals surface area contributed by atoms with Gasteiger partial charge in [0.15, 0.2) is 5.65 Å². The van der Waals surface area contributed by atoms with Gasteiger partial charge in [0.05, 0.1) is 6.04 Å². The van der Waals surface area contributed by atoms with Crippen LogP contribution in [0.3, 0.4) is 0 Å². The Labute approximate surface area is 74.6 Å². The molecule has 0 amide bonds. The maximum atomic E-state index is 5.59. The number of aromatic nitrogens is 4. The van der Waals surface area contributed by atoms with Crippen molar-refractivity contribution in [2.75, 3.05) is 5.73 Å². The van der Waals surface area contributed by atoms with Crippen LogP contribution in [0, 0.1) is 0 Å². The Bertz CT molecular complexity index is 457. The number of hydrogen-bond donors (Lipinski definition) is 1. The molecular weight excluding hydrogens is 166 g/mol. The Hall–Kier alpha value is -1.65. The molecule has 3 rings (SSSR count). The largest absolute Gasteiger partial charge is 0.384 e. The van der Waals surface area contributed by atoms with Crippen molar-refractivity contribution in [2.45, 2.75) is 18.9 Å². The number of fused-ring (bicyclic) bond motifs is 1. The summed E-state index contributed by atoms with van der Waals surface area (Å²) in [6.45, 7) is 0. The van der Waals surface area contributed by atoms with E-state index >= 15 is 0 Å². The predicted molar refractivity (Wildman–Crippen MR) is 48.0 cm³/mol. The van der Waals surface area contributed by atoms with Crippen LogP contribution in [0.2, 0.25) is 0 Å². The van der Waals surface area contributed by atoms with Crippen LogP contribution in [0.15, 0.2) is 12.1 Å². The molecule has 0 unspecified atom stereocenters. The summed E-state index contributed by atoms with van der Waals surface area (Å²) in [4.78, 5) is 4.21. The Balaban J connectivity index is 2.29. The first-order chi connectivity index (χ1) is 6.34. The van der Waals surface area contributed by atoms with Gasteiger partial charge in [-0.05, 0) is 25.0 Å². The van der Waals surface area contributed by atoms with Gasteiger partial charge in [-0.1, -0.05) is 5.21 Å². The van der Waals surface area contributed by atoms with Gasteiger partial charge in [-0.2, -0.15) is 0 Å². The first kappa shape index (κ1) is 6.82. The van der Waals surface area contributed by atoms with Gasteiger partial charge in [0.2, 0.25) is 0 Å². The minimum atomic E-state index is 0.499. The van der Waals surface area contributed by atoms with E-state index in [-0.39, 0.29) is 0 Å². The van der Waals surface area contributed by atoms with Crippen molar-refractivity contribution in [1.29, 1.82) is 0 Å². The summed E-state index contributed by atoms with van der Waals surface area (Å²) in [7, 11) is 0. The molecule has 0 spiro atoms. The zero-order valence-electron chi connectivity index (χ0n) is 7.01. The minimum Gasteiger partial charge on any atom is -0.384 e. The second kappa shape index (κ2) is 2.18. The topological polar surface area (TPSA) is 69.6 Å². The monoisotopic (exact) mass is 175 g/mol. The molecule has 0 aliphatic heterocycles. The summed E-state index contributed by atoms with van der Waals surface area (Å²) in [5.41, 5.74) is 7.22. The fraction of sp³-hybridized carbons (Fsp3) is 0.375. The molecule has 0 saturated heterocycles. The molecule has 0 radical (unpaired) electrons. The second-order valence-electron chi connectivity index (χ2n) is 3.34. The average molecular weight is 175 g/mol. The van der Waals surface area contributed by atoms with Gasteiger partial charge in [-0.25, -0.2) is 9.67 Å². The highest BCUT2D eigenvalue weighted by molar-refractivity contribution is 5.71. The van der Waals surface area contributed by atoms with Gasteiger partial charge in [-0.3, -0.25) is 0 Å². The molecule has 5 nitrogen and oxygen atoms in total. The molecule has 2 aromatic rings. The minimum absolute atomic E-state index is 0.499. The fourth-order valence-corrected chi connectivity index (χ4v) is 1.41. The summed E-state index contributed by atoms with van der Waals surface area (Å²) in [6, 6.07) is 4.09. The van der Waals surface area contributed by atoms with Crippen LogP contribution >= 0.6 is 0 Å². The molecule has 1 fully saturated rings. The zero-order chi connectivity index (χ0) is 8.84. The lowest BCUT2D eigenvalue weighted by Gasteiger charge is -1.96. The molecule has 0 atom stereocenters. The number of hydrogen-bond acceptors (Lipinski definition) is 4. The van der Waals surface area contributed by atoms with Gasteiger partial charge >= 0.3 is 0 Å². The summed E-state index contributed by atoms with van der Waals surface area (Å²) in [6.07, 6.45) is 2.35. The first-order valence-electron chi connectivity index (χ1n) is 4.32. The van der Waals surface area contributed by atoms with Crippen LogP contribution in [0.4, 0.5) is 5.82 Å². The highest BCUT2D eigenvalue weighted by Gasteiger charge is 2.27. The molecule has 0 bridgehead atoms. The quantitative estimate of drug-likeness (QED) is 0.694. The Morgan fingerprint density at radius 2 is 2.23 bits per heavy atom. The Morgan fingerprint density at radius 1 is 1.38 bits per heavy atom. The van der Waals surface area contributed by atoms with Crippen molar-refractivity contribution in [3.8, 4) is 0 Å². The molecule has 1 aliphatic carbocycles. The van der Waals surface area contributed by atoms with Crippen LogP contribution in [0.25, 0.3) is 11.2 Å². The van der Waals surface area contributed by atoms with E-state index in [9.17, 15) is 0 Å². The summed E-state index contributed by atoms with van der Waals surface area (Å²) in [5, 5.41) is 8.06. The lowest BCUT2D eigenvalue weighted by molar-refractivity contribution is 0.625. The van der Waals surface area contributed by atoms with Gasteiger partial charge < -0.3 is 5.73 Å². The smallest absolute Gasteiger partial charge is 0.180 e. The lowest BCUT2D eigenvalue weighted by atomic mass is 10.4. The summed E-state index contributed by atoms with van der Waals surface area (Å²) in [5.74, 6) is 0.525. The van der Waals surface area contributed by atoms with E-state index in [0.717, 1.165) is 11.2 Å². The van der Waals surface area contributed by atoms with Crippen molar-refractivity contribution >= 4 is 17.0 Å². The van der Waals surface area contributed by atoms with E-state index < -0.39 is 0 Å². The highest BCUT2D eigenvalue weighted by Crippen LogP contribution is 2.35. The van der Waals surface area contributed by atoms with Gasteiger partial charge in [0.25, 0.3) is 0 Å². The van der Waals surface area contributed by atoms with Crippen LogP contribution in [-0.4, -0.2) is 20.0 Å². The van der Waals surface area contributed by atoms with Crippen molar-refractivity contribution in [2.24, 2.45) is 0 Å². The molecule has 2 N–H and O–H groups in total. The van der Waals surface area contributed by atoms with Crippen LogP contribution in [0.5, 0.6) is 0 Å². The van der Waals surface area contributed by atoms with E-state index in [1.54, 1.807) is 6.07 Å². The molecule has 13 heavy (non-hydrogen) atoms. The lowest BCUT2D eigenvalue weighted by Crippen LogP contribution is -1.99. The highest BCUT2D eigenvalue weighted by atomic mass is 15.5. The summed E-state index contributed by atoms with van der Waals surface area (Å²) >= 11 is 0. The van der Waals surface area contributed by atoms with E-state index in [0.29, 0.717) is 11.9 Å². The molecule has 0 aromatic carbocycles. The number of pyridine rings is 1. The standard InChI is InChI=1S/C8H9N5/c9-7-4-3-6-8(10-7)13(12-11-6)5-1-2-5/h3-5H,1-2H2,(H2,9,10). The normalized spacial score (nSPS) is 16.6. The fourth-order valence-electron chi connectivity index (χ4n) is 1.41. The summed E-state index contributed by atoms with van der Waals surface area (Å²) < 4.78 is 1.87. The van der Waals surface area contributed by atoms with E-state index in [1.807, 2.05) is 10.7 Å². The number of rotatable bonds is 1. The van der Waals surface area contributed by atoms with Gasteiger partial charge in [0, 0.05) is 0 Å². The van der Waals surface area contributed by atoms with Gasteiger partial charge in [0.1, 0.15) is 11.3 Å². The number of nitrogens with zero attached hydrogens (tertiary/aromatic N) is 4. The molecule has 1 saturated carbocycles. The maximum absolute atomic E-state index is 5.59. The van der Waals surface area contributed by atoms with E-state index in [4.69, 9.17) is 5.73 Å². The van der Waals surface area contributed by atoms with Crippen LogP contribution in [0.1, 0.15) is 18.9 Å². The van der Waals surface area contributed by atoms with E-state index in [1.165, 1.54) is 12.8 Å². The average Bonchev–Trinajstić information content (AvgIpc) is 2.87. The first-order valence-corrected chi connectivity index (χ1v) is 4.32. The van der Waals surface area contributed by atoms with E-state index in [2.05, 4.69) is 15.3 Å². The second-order valence-corrected chi connectivity index (χ2v) is 3.34. The molecule has 2 aromatic heterocycles. The van der Waals surface area contributed by atoms with Crippen LogP contribution < -0.4 is 5.73 Å².